The van der Waals surface area contributed by atoms with Gasteiger partial charge in [0.15, 0.2) is 0 Å². The quantitative estimate of drug-likeness (QED) is 0.707. The fourth-order valence-corrected chi connectivity index (χ4v) is 1.98. The molecule has 15 heavy (non-hydrogen) atoms. The lowest BCUT2D eigenvalue weighted by Gasteiger charge is -2.14. The molecular weight excluding hydrogens is 218 g/mol. The predicted octanol–water partition coefficient (Wildman–Crippen LogP) is 0.973. The number of phenolic OH excluding ortho intramolecular Hbond substituents is 1. The zero-order chi connectivity index (χ0) is 11.0. The molecule has 4 N–H and O–H groups in total. The molecule has 0 aromatic heterocycles. The van der Waals surface area contributed by atoms with Crippen LogP contribution in [0.25, 0.3) is 0 Å². The molecule has 1 aliphatic heterocycles. The topological polar surface area (TPSA) is 75.7 Å². The van der Waals surface area contributed by atoms with Crippen LogP contribution in [0.2, 0.25) is 5.02 Å². The minimum atomic E-state index is -0.642. The summed E-state index contributed by atoms with van der Waals surface area (Å²) in [6, 6.07) is 1.00. The van der Waals surface area contributed by atoms with E-state index in [9.17, 15) is 5.11 Å². The third kappa shape index (κ3) is 1.65. The summed E-state index contributed by atoms with van der Waals surface area (Å²) in [7, 11) is 0. The van der Waals surface area contributed by atoms with Crippen molar-refractivity contribution in [1.29, 1.82) is 0 Å². The second-order valence-corrected chi connectivity index (χ2v) is 3.87. The first kappa shape index (κ1) is 10.5. The lowest BCUT2D eigenvalue weighted by molar-refractivity contribution is 0.265. The Bertz CT molecular complexity index is 395. The molecule has 1 aromatic carbocycles. The Morgan fingerprint density at radius 3 is 3.00 bits per heavy atom. The van der Waals surface area contributed by atoms with Gasteiger partial charge in [-0.15, -0.1) is 0 Å². The Labute approximate surface area is 92.2 Å². The minimum Gasteiger partial charge on any atom is -0.506 e. The van der Waals surface area contributed by atoms with Gasteiger partial charge in [-0.1, -0.05) is 11.6 Å². The maximum Gasteiger partial charge on any atom is 0.139 e. The van der Waals surface area contributed by atoms with E-state index in [-0.39, 0.29) is 17.4 Å². The number of ether oxygens (including phenoxy) is 1. The van der Waals surface area contributed by atoms with Gasteiger partial charge in [-0.3, -0.25) is 0 Å². The number of benzene rings is 1. The Hall–Kier alpha value is -0.970. The number of aliphatic hydroxyl groups is 1. The third-order valence-electron chi connectivity index (χ3n) is 2.54. The highest BCUT2D eigenvalue weighted by Crippen LogP contribution is 2.42. The van der Waals surface area contributed by atoms with Crippen molar-refractivity contribution in [3.63, 3.8) is 0 Å². The maximum absolute atomic E-state index is 9.78. The van der Waals surface area contributed by atoms with Crippen molar-refractivity contribution in [1.82, 2.24) is 0 Å². The summed E-state index contributed by atoms with van der Waals surface area (Å²) in [6.45, 7) is 0.314. The molecule has 1 unspecified atom stereocenters. The Balaban J connectivity index is 2.54. The molecule has 0 fully saturated rings. The number of hydrogen-bond donors (Lipinski definition) is 3. The average Bonchev–Trinajstić information content (AvgIpc) is 2.70. The van der Waals surface area contributed by atoms with Crippen molar-refractivity contribution in [3.05, 3.63) is 22.2 Å². The van der Waals surface area contributed by atoms with Crippen molar-refractivity contribution in [2.75, 3.05) is 13.2 Å². The van der Waals surface area contributed by atoms with Crippen molar-refractivity contribution in [2.45, 2.75) is 12.5 Å². The number of rotatable bonds is 2. The zero-order valence-corrected chi connectivity index (χ0v) is 8.79. The second kappa shape index (κ2) is 3.89. The van der Waals surface area contributed by atoms with Gasteiger partial charge in [0.05, 0.1) is 24.3 Å². The molecule has 82 valence electrons. The molecule has 0 saturated carbocycles. The van der Waals surface area contributed by atoms with Gasteiger partial charge in [0.2, 0.25) is 0 Å². The van der Waals surface area contributed by atoms with Crippen LogP contribution >= 0.6 is 11.6 Å². The van der Waals surface area contributed by atoms with E-state index < -0.39 is 6.04 Å². The highest BCUT2D eigenvalue weighted by atomic mass is 35.5. The van der Waals surface area contributed by atoms with Crippen LogP contribution in [-0.4, -0.2) is 23.4 Å². The highest BCUT2D eigenvalue weighted by molar-refractivity contribution is 6.33. The van der Waals surface area contributed by atoms with Gasteiger partial charge in [-0.2, -0.15) is 0 Å². The van der Waals surface area contributed by atoms with E-state index in [0.29, 0.717) is 24.3 Å². The number of nitrogens with two attached hydrogens (primary N) is 1. The number of aliphatic hydroxyl groups excluding tert-OH is 1. The Morgan fingerprint density at radius 2 is 2.33 bits per heavy atom. The summed E-state index contributed by atoms with van der Waals surface area (Å²) in [5.74, 6) is 0.596. The zero-order valence-electron chi connectivity index (χ0n) is 8.03. The minimum absolute atomic E-state index is 0.0533. The fraction of sp³-hybridized carbons (Fsp3) is 0.400. The van der Waals surface area contributed by atoms with E-state index in [1.165, 1.54) is 0 Å². The number of phenols is 1. The van der Waals surface area contributed by atoms with Crippen LogP contribution in [-0.2, 0) is 6.42 Å². The lowest BCUT2D eigenvalue weighted by Crippen LogP contribution is -2.14. The van der Waals surface area contributed by atoms with E-state index in [4.69, 9.17) is 27.2 Å². The summed E-state index contributed by atoms with van der Waals surface area (Å²) in [4.78, 5) is 0. The lowest BCUT2D eigenvalue weighted by atomic mass is 10.0. The summed E-state index contributed by atoms with van der Waals surface area (Å²) in [5, 5.41) is 19.0. The number of fused-ring (bicyclic) bond motifs is 1. The molecule has 0 saturated heterocycles. The van der Waals surface area contributed by atoms with Crippen LogP contribution in [0.1, 0.15) is 17.2 Å². The summed E-state index contributed by atoms with van der Waals surface area (Å²) < 4.78 is 5.34. The molecule has 4 nitrogen and oxygen atoms in total. The molecule has 0 amide bonds. The van der Waals surface area contributed by atoms with E-state index in [1.54, 1.807) is 6.07 Å². The van der Waals surface area contributed by atoms with E-state index in [2.05, 4.69) is 0 Å². The molecule has 1 atom stereocenters. The van der Waals surface area contributed by atoms with Gasteiger partial charge >= 0.3 is 0 Å². The van der Waals surface area contributed by atoms with Crippen molar-refractivity contribution in [2.24, 2.45) is 5.73 Å². The van der Waals surface area contributed by atoms with E-state index in [1.807, 2.05) is 0 Å². The first-order valence-corrected chi connectivity index (χ1v) is 5.06. The van der Waals surface area contributed by atoms with Gasteiger partial charge in [0.1, 0.15) is 11.5 Å². The highest BCUT2D eigenvalue weighted by Gasteiger charge is 2.23. The first-order valence-electron chi connectivity index (χ1n) is 4.68. The Morgan fingerprint density at radius 1 is 1.60 bits per heavy atom. The number of hydrogen-bond acceptors (Lipinski definition) is 4. The molecule has 0 bridgehead atoms. The molecule has 1 aliphatic rings. The van der Waals surface area contributed by atoms with E-state index >= 15 is 0 Å². The monoisotopic (exact) mass is 229 g/mol. The average molecular weight is 230 g/mol. The van der Waals surface area contributed by atoms with Crippen LogP contribution in [0, 0.1) is 0 Å². The van der Waals surface area contributed by atoms with Crippen molar-refractivity contribution >= 4 is 11.6 Å². The maximum atomic E-state index is 9.78. The van der Waals surface area contributed by atoms with Crippen molar-refractivity contribution in [3.8, 4) is 11.5 Å². The SMILES string of the molecule is NC(CO)c1cc2c(c(Cl)c1O)CCO2. The summed E-state index contributed by atoms with van der Waals surface area (Å²) in [5.41, 5.74) is 6.86. The normalized spacial score (nSPS) is 15.9. The van der Waals surface area contributed by atoms with Gasteiger partial charge in [0, 0.05) is 17.5 Å². The van der Waals surface area contributed by atoms with Crippen molar-refractivity contribution < 1.29 is 14.9 Å². The molecule has 0 aliphatic carbocycles. The van der Waals surface area contributed by atoms with Gasteiger partial charge in [0.25, 0.3) is 0 Å². The smallest absolute Gasteiger partial charge is 0.139 e. The molecule has 2 rings (SSSR count). The third-order valence-corrected chi connectivity index (χ3v) is 2.94. The number of aromatic hydroxyl groups is 1. The standard InChI is InChI=1S/C10H12ClNO3/c11-9-5-1-2-15-8(5)3-6(10(9)14)7(12)4-13/h3,7,13-14H,1-2,4,12H2. The van der Waals surface area contributed by atoms with Crippen LogP contribution in [0.15, 0.2) is 6.07 Å². The molecule has 0 spiro atoms. The van der Waals surface area contributed by atoms with Crippen LogP contribution in [0.5, 0.6) is 11.5 Å². The first-order chi connectivity index (χ1) is 7.15. The number of halogens is 1. The Kier molecular flexibility index (Phi) is 2.73. The molecule has 1 heterocycles. The van der Waals surface area contributed by atoms with Crippen LogP contribution < -0.4 is 10.5 Å². The van der Waals surface area contributed by atoms with E-state index in [0.717, 1.165) is 5.56 Å². The van der Waals surface area contributed by atoms with Gasteiger partial charge < -0.3 is 20.7 Å². The van der Waals surface area contributed by atoms with Crippen LogP contribution in [0.4, 0.5) is 0 Å². The summed E-state index contributed by atoms with van der Waals surface area (Å²) >= 11 is 5.98. The largest absolute Gasteiger partial charge is 0.506 e. The molecule has 5 heteroatoms. The fourth-order valence-electron chi connectivity index (χ4n) is 1.68. The van der Waals surface area contributed by atoms with Gasteiger partial charge in [-0.25, -0.2) is 0 Å². The van der Waals surface area contributed by atoms with Gasteiger partial charge in [-0.05, 0) is 6.07 Å². The molecule has 1 aromatic rings. The predicted molar refractivity (Wildman–Crippen MR) is 56.3 cm³/mol. The van der Waals surface area contributed by atoms with Crippen LogP contribution in [0.3, 0.4) is 0 Å². The second-order valence-electron chi connectivity index (χ2n) is 3.49. The molecule has 0 radical (unpaired) electrons. The summed E-state index contributed by atoms with van der Waals surface area (Å²) in [6.07, 6.45) is 0.691. The molecular formula is C10H12ClNO3.